The van der Waals surface area contributed by atoms with Crippen molar-refractivity contribution in [2.45, 2.75) is 309 Å². The lowest BCUT2D eigenvalue weighted by atomic mass is 10.0. The highest BCUT2D eigenvalue weighted by molar-refractivity contribution is 5.71. The summed E-state index contributed by atoms with van der Waals surface area (Å²) in [5.41, 5.74) is 0. The molecule has 0 bridgehead atoms. The van der Waals surface area contributed by atoms with Crippen LogP contribution in [0.3, 0.4) is 0 Å². The maximum atomic E-state index is 12.8. The van der Waals surface area contributed by atoms with E-state index in [0.29, 0.717) is 19.3 Å². The summed E-state index contributed by atoms with van der Waals surface area (Å²) in [6.07, 6.45) is 64.2. The van der Waals surface area contributed by atoms with E-state index in [9.17, 15) is 14.4 Å². The minimum atomic E-state index is -0.774. The van der Waals surface area contributed by atoms with Crippen molar-refractivity contribution in [3.05, 3.63) is 36.5 Å². The van der Waals surface area contributed by atoms with Gasteiger partial charge in [-0.1, -0.05) is 282 Å². The average Bonchev–Trinajstić information content (AvgIpc) is 3.30. The molecule has 380 valence electrons. The van der Waals surface area contributed by atoms with Crippen LogP contribution >= 0.6 is 0 Å². The van der Waals surface area contributed by atoms with Crippen LogP contribution in [0, 0.1) is 0 Å². The Hall–Kier alpha value is -2.37. The van der Waals surface area contributed by atoms with Gasteiger partial charge in [-0.15, -0.1) is 0 Å². The first-order valence-electron chi connectivity index (χ1n) is 28.5. The van der Waals surface area contributed by atoms with E-state index < -0.39 is 6.10 Å². The lowest BCUT2D eigenvalue weighted by Gasteiger charge is -2.18. The largest absolute Gasteiger partial charge is 0.462 e. The van der Waals surface area contributed by atoms with E-state index in [1.54, 1.807) is 0 Å². The first-order chi connectivity index (χ1) is 32.0. The SMILES string of the molecule is CC\C=C/C=C\C=C/CCCCCCCCCC(=O)OC(COC(=O)CCCCCCCCCCCCCCCCC)COC(=O)CCCCCCCCCCCCCCCCCCC. The number of carbonyl (C=O) groups is 3. The van der Waals surface area contributed by atoms with Crippen LogP contribution in [0.1, 0.15) is 303 Å². The van der Waals surface area contributed by atoms with E-state index >= 15 is 0 Å². The summed E-state index contributed by atoms with van der Waals surface area (Å²) < 4.78 is 16.9. The second kappa shape index (κ2) is 54.2. The quantitative estimate of drug-likeness (QED) is 0.0262. The Morgan fingerprint density at radius 2 is 0.600 bits per heavy atom. The van der Waals surface area contributed by atoms with Gasteiger partial charge in [0.25, 0.3) is 0 Å². The topological polar surface area (TPSA) is 78.9 Å². The molecule has 1 unspecified atom stereocenters. The summed E-state index contributed by atoms with van der Waals surface area (Å²) in [5.74, 6) is -0.865. The molecule has 0 heterocycles. The summed E-state index contributed by atoms with van der Waals surface area (Å²) in [6.45, 7) is 6.55. The molecule has 6 nitrogen and oxygen atoms in total. The Balaban J connectivity index is 4.33. The smallest absolute Gasteiger partial charge is 0.306 e. The number of ether oxygens (including phenoxy) is 3. The Morgan fingerprint density at radius 3 is 0.923 bits per heavy atom. The van der Waals surface area contributed by atoms with Gasteiger partial charge in [-0.05, 0) is 38.5 Å². The Kier molecular flexibility index (Phi) is 52.3. The molecule has 0 saturated heterocycles. The molecule has 0 rings (SSSR count). The molecule has 1 atom stereocenters. The van der Waals surface area contributed by atoms with Crippen LogP contribution in [0.4, 0.5) is 0 Å². The zero-order valence-corrected chi connectivity index (χ0v) is 43.5. The highest BCUT2D eigenvalue weighted by atomic mass is 16.6. The minimum Gasteiger partial charge on any atom is -0.462 e. The fourth-order valence-electron chi connectivity index (χ4n) is 8.45. The molecule has 0 aliphatic rings. The van der Waals surface area contributed by atoms with Crippen LogP contribution in [0.5, 0.6) is 0 Å². The molecule has 0 spiro atoms. The van der Waals surface area contributed by atoms with Gasteiger partial charge in [-0.2, -0.15) is 0 Å². The zero-order valence-electron chi connectivity index (χ0n) is 43.5. The Bertz CT molecular complexity index is 1090. The van der Waals surface area contributed by atoms with Crippen molar-refractivity contribution in [1.82, 2.24) is 0 Å². The molecule has 6 heteroatoms. The number of rotatable bonds is 52. The molecule has 0 aliphatic carbocycles. The molecule has 0 aromatic carbocycles. The predicted octanol–water partition coefficient (Wildman–Crippen LogP) is 18.9. The Labute approximate surface area is 404 Å². The van der Waals surface area contributed by atoms with E-state index in [2.05, 4.69) is 57.2 Å². The van der Waals surface area contributed by atoms with Crippen molar-refractivity contribution in [3.63, 3.8) is 0 Å². The fourth-order valence-corrected chi connectivity index (χ4v) is 8.45. The molecule has 0 aliphatic heterocycles. The number of hydrogen-bond acceptors (Lipinski definition) is 6. The maximum absolute atomic E-state index is 12.8. The third kappa shape index (κ3) is 52.5. The van der Waals surface area contributed by atoms with Crippen LogP contribution < -0.4 is 0 Å². The molecule has 0 aromatic rings. The normalized spacial score (nSPS) is 12.2. The van der Waals surface area contributed by atoms with Gasteiger partial charge < -0.3 is 14.2 Å². The Morgan fingerprint density at radius 1 is 0.323 bits per heavy atom. The lowest BCUT2D eigenvalue weighted by molar-refractivity contribution is -0.167. The minimum absolute atomic E-state index is 0.0723. The molecule has 0 aromatic heterocycles. The van der Waals surface area contributed by atoms with Crippen molar-refractivity contribution in [2.24, 2.45) is 0 Å². The van der Waals surface area contributed by atoms with E-state index in [1.165, 1.54) is 193 Å². The summed E-state index contributed by atoms with van der Waals surface area (Å²) in [4.78, 5) is 38.1. The molecular formula is C59H108O6. The van der Waals surface area contributed by atoms with E-state index in [1.807, 2.05) is 0 Å². The van der Waals surface area contributed by atoms with Crippen LogP contribution in [0.25, 0.3) is 0 Å². The van der Waals surface area contributed by atoms with Crippen molar-refractivity contribution in [3.8, 4) is 0 Å². The first kappa shape index (κ1) is 62.6. The van der Waals surface area contributed by atoms with Gasteiger partial charge in [0, 0.05) is 19.3 Å². The molecule has 65 heavy (non-hydrogen) atoms. The van der Waals surface area contributed by atoms with Gasteiger partial charge in [0.1, 0.15) is 13.2 Å². The van der Waals surface area contributed by atoms with Crippen molar-refractivity contribution >= 4 is 17.9 Å². The van der Waals surface area contributed by atoms with Gasteiger partial charge in [0.05, 0.1) is 0 Å². The van der Waals surface area contributed by atoms with Crippen molar-refractivity contribution in [1.29, 1.82) is 0 Å². The van der Waals surface area contributed by atoms with Crippen LogP contribution in [-0.4, -0.2) is 37.2 Å². The first-order valence-corrected chi connectivity index (χ1v) is 28.5. The fraction of sp³-hybridized carbons (Fsp3) is 0.847. The molecule has 0 fully saturated rings. The number of carbonyl (C=O) groups excluding carboxylic acids is 3. The number of allylic oxidation sites excluding steroid dienone is 6. The van der Waals surface area contributed by atoms with E-state index in [0.717, 1.165) is 70.6 Å². The summed E-state index contributed by atoms with van der Waals surface area (Å²) in [6, 6.07) is 0. The maximum Gasteiger partial charge on any atom is 0.306 e. The van der Waals surface area contributed by atoms with Gasteiger partial charge >= 0.3 is 17.9 Å². The summed E-state index contributed by atoms with van der Waals surface area (Å²) in [5, 5.41) is 0. The van der Waals surface area contributed by atoms with Gasteiger partial charge in [0.2, 0.25) is 0 Å². The van der Waals surface area contributed by atoms with Crippen molar-refractivity contribution < 1.29 is 28.6 Å². The van der Waals surface area contributed by atoms with E-state index in [4.69, 9.17) is 14.2 Å². The number of hydrogen-bond donors (Lipinski definition) is 0. The highest BCUT2D eigenvalue weighted by Crippen LogP contribution is 2.17. The predicted molar refractivity (Wildman–Crippen MR) is 279 cm³/mol. The number of unbranched alkanes of at least 4 members (excludes halogenated alkanes) is 37. The zero-order chi connectivity index (χ0) is 47.2. The average molecular weight is 914 g/mol. The molecule has 0 N–H and O–H groups in total. The van der Waals surface area contributed by atoms with Gasteiger partial charge in [-0.3, -0.25) is 14.4 Å². The monoisotopic (exact) mass is 913 g/mol. The summed E-state index contributed by atoms with van der Waals surface area (Å²) in [7, 11) is 0. The lowest BCUT2D eigenvalue weighted by Crippen LogP contribution is -2.30. The molecular weight excluding hydrogens is 805 g/mol. The van der Waals surface area contributed by atoms with Crippen LogP contribution in [0.2, 0.25) is 0 Å². The van der Waals surface area contributed by atoms with Crippen molar-refractivity contribution in [2.75, 3.05) is 13.2 Å². The second-order valence-corrected chi connectivity index (χ2v) is 19.2. The van der Waals surface area contributed by atoms with Crippen LogP contribution in [-0.2, 0) is 28.6 Å². The highest BCUT2D eigenvalue weighted by Gasteiger charge is 2.19. The standard InChI is InChI=1S/C59H108O6/c1-4-7-10-13-16-19-22-25-28-29-32-34-37-40-43-46-49-52-58(61)64-55-56(65-59(62)53-50-47-44-41-38-35-31-27-24-21-18-15-12-9-6-3)54-63-57(60)51-48-45-42-39-36-33-30-26-23-20-17-14-11-8-5-2/h9,12,15,18,21,24,56H,4-8,10-11,13-14,16-17,19-20,22-23,25-55H2,1-3H3/b12-9-,18-15-,24-21-. The third-order valence-electron chi connectivity index (χ3n) is 12.7. The molecule has 0 radical (unpaired) electrons. The van der Waals surface area contributed by atoms with Crippen LogP contribution in [0.15, 0.2) is 36.5 Å². The second-order valence-electron chi connectivity index (χ2n) is 19.2. The molecule has 0 amide bonds. The van der Waals surface area contributed by atoms with Gasteiger partial charge in [0.15, 0.2) is 6.10 Å². The molecule has 0 saturated carbocycles. The van der Waals surface area contributed by atoms with E-state index in [-0.39, 0.29) is 31.1 Å². The third-order valence-corrected chi connectivity index (χ3v) is 12.7. The summed E-state index contributed by atoms with van der Waals surface area (Å²) >= 11 is 0. The number of esters is 3. The van der Waals surface area contributed by atoms with Gasteiger partial charge in [-0.25, -0.2) is 0 Å².